The summed E-state index contributed by atoms with van der Waals surface area (Å²) in [7, 11) is 0. The number of benzene rings is 2. The molecule has 0 atom stereocenters. The van der Waals surface area contributed by atoms with Crippen LogP contribution in [0.25, 0.3) is 11.3 Å². The van der Waals surface area contributed by atoms with Crippen LogP contribution in [0.15, 0.2) is 73.1 Å². The van der Waals surface area contributed by atoms with Crippen molar-refractivity contribution in [1.29, 1.82) is 0 Å². The Hall–Kier alpha value is -4.53. The number of amides is 2. The molecule has 2 aromatic heterocycles. The summed E-state index contributed by atoms with van der Waals surface area (Å²) in [6.45, 7) is 0.222. The molecule has 0 unspecified atom stereocenters. The van der Waals surface area contributed by atoms with Crippen LogP contribution >= 0.6 is 0 Å². The van der Waals surface area contributed by atoms with Crippen molar-refractivity contribution in [2.45, 2.75) is 25.3 Å². The van der Waals surface area contributed by atoms with Crippen LogP contribution in [-0.2, 0) is 6.54 Å². The summed E-state index contributed by atoms with van der Waals surface area (Å²) in [4.78, 5) is 29.3. The molecule has 1 saturated carbocycles. The molecule has 9 heteroatoms. The van der Waals surface area contributed by atoms with Gasteiger partial charge in [0.25, 0.3) is 5.91 Å². The normalized spacial score (nSPS) is 12.8. The Bertz CT molecular complexity index is 1380. The molecular formula is C26H22FN5O3. The van der Waals surface area contributed by atoms with Crippen LogP contribution in [0.4, 0.5) is 14.9 Å². The third-order valence-electron chi connectivity index (χ3n) is 5.75. The molecule has 1 aliphatic rings. The first-order valence-corrected chi connectivity index (χ1v) is 11.2. The number of carbonyl (C=O) groups excluding carboxylic acids is 2. The van der Waals surface area contributed by atoms with Gasteiger partial charge in [0.2, 0.25) is 0 Å². The van der Waals surface area contributed by atoms with Crippen molar-refractivity contribution < 1.29 is 19.1 Å². The molecule has 5 rings (SSSR count). The molecule has 2 heterocycles. The SMILES string of the molecule is O=C(Nc1ccc(O)c(-c2cc(C3CC3)n(C(=O)NCc3ccc(F)cc3)n2)c1)c1ccncc1. The topological polar surface area (TPSA) is 109 Å². The molecule has 2 amide bonds. The summed E-state index contributed by atoms with van der Waals surface area (Å²) in [5.74, 6) is -0.463. The van der Waals surface area contributed by atoms with E-state index in [1.165, 1.54) is 35.3 Å². The summed E-state index contributed by atoms with van der Waals surface area (Å²) in [5.41, 5.74) is 3.25. The minimum atomic E-state index is -0.413. The van der Waals surface area contributed by atoms with Gasteiger partial charge in [-0.05, 0) is 66.9 Å². The fraction of sp³-hybridized carbons (Fsp3) is 0.154. The van der Waals surface area contributed by atoms with Gasteiger partial charge in [0.05, 0.1) is 11.4 Å². The van der Waals surface area contributed by atoms with Gasteiger partial charge < -0.3 is 15.7 Å². The average molecular weight is 471 g/mol. The third kappa shape index (κ3) is 5.03. The van der Waals surface area contributed by atoms with E-state index in [0.29, 0.717) is 22.5 Å². The number of phenolic OH excluding ortho intramolecular Hbond substituents is 1. The van der Waals surface area contributed by atoms with Gasteiger partial charge in [-0.1, -0.05) is 12.1 Å². The van der Waals surface area contributed by atoms with Crippen LogP contribution in [0, 0.1) is 5.82 Å². The molecule has 0 spiro atoms. The molecule has 1 fully saturated rings. The lowest BCUT2D eigenvalue weighted by molar-refractivity contribution is 0.102. The van der Waals surface area contributed by atoms with Crippen LogP contribution < -0.4 is 10.6 Å². The van der Waals surface area contributed by atoms with E-state index in [1.54, 1.807) is 42.5 Å². The zero-order valence-corrected chi connectivity index (χ0v) is 18.6. The van der Waals surface area contributed by atoms with Crippen LogP contribution in [0.2, 0.25) is 0 Å². The molecule has 0 saturated heterocycles. The van der Waals surface area contributed by atoms with Crippen molar-refractivity contribution in [1.82, 2.24) is 20.1 Å². The highest BCUT2D eigenvalue weighted by Crippen LogP contribution is 2.42. The summed E-state index contributed by atoms with van der Waals surface area (Å²) in [6.07, 6.45) is 4.96. The number of nitrogens with one attached hydrogen (secondary N) is 2. The highest BCUT2D eigenvalue weighted by molar-refractivity contribution is 6.04. The molecular weight excluding hydrogens is 449 g/mol. The molecule has 4 aromatic rings. The maximum Gasteiger partial charge on any atom is 0.342 e. The first kappa shape index (κ1) is 22.3. The number of hydrogen-bond donors (Lipinski definition) is 3. The van der Waals surface area contributed by atoms with Gasteiger partial charge in [-0.2, -0.15) is 9.78 Å². The number of phenols is 1. The Morgan fingerprint density at radius 2 is 1.77 bits per heavy atom. The zero-order valence-electron chi connectivity index (χ0n) is 18.6. The fourth-order valence-electron chi connectivity index (χ4n) is 3.74. The van der Waals surface area contributed by atoms with E-state index in [1.807, 2.05) is 0 Å². The Labute approximate surface area is 200 Å². The highest BCUT2D eigenvalue weighted by Gasteiger charge is 2.30. The monoisotopic (exact) mass is 471 g/mol. The van der Waals surface area contributed by atoms with E-state index in [2.05, 4.69) is 20.7 Å². The van der Waals surface area contributed by atoms with Crippen molar-refractivity contribution in [3.8, 4) is 17.0 Å². The smallest absolute Gasteiger partial charge is 0.342 e. The second-order valence-corrected chi connectivity index (χ2v) is 8.35. The first-order chi connectivity index (χ1) is 17.0. The summed E-state index contributed by atoms with van der Waals surface area (Å²) < 4.78 is 14.5. The number of halogens is 1. The minimum Gasteiger partial charge on any atom is -0.507 e. The van der Waals surface area contributed by atoms with Crippen molar-refractivity contribution in [2.75, 3.05) is 5.32 Å². The fourth-order valence-corrected chi connectivity index (χ4v) is 3.74. The average Bonchev–Trinajstić information content (AvgIpc) is 3.63. The number of aromatic nitrogens is 3. The quantitative estimate of drug-likeness (QED) is 0.354. The lowest BCUT2D eigenvalue weighted by Gasteiger charge is -2.09. The second-order valence-electron chi connectivity index (χ2n) is 8.35. The van der Waals surface area contributed by atoms with Crippen LogP contribution in [-0.4, -0.2) is 31.8 Å². The van der Waals surface area contributed by atoms with Gasteiger partial charge in [0.15, 0.2) is 0 Å². The largest absolute Gasteiger partial charge is 0.507 e. The Kier molecular flexibility index (Phi) is 5.97. The molecule has 0 aliphatic heterocycles. The second kappa shape index (κ2) is 9.38. The van der Waals surface area contributed by atoms with Gasteiger partial charge in [-0.15, -0.1) is 0 Å². The van der Waals surface area contributed by atoms with E-state index in [9.17, 15) is 19.1 Å². The maximum absolute atomic E-state index is 13.1. The first-order valence-electron chi connectivity index (χ1n) is 11.2. The molecule has 8 nitrogen and oxygen atoms in total. The zero-order chi connectivity index (χ0) is 24.4. The summed E-state index contributed by atoms with van der Waals surface area (Å²) in [5, 5.41) is 20.6. The van der Waals surface area contributed by atoms with Crippen molar-refractivity contribution in [3.05, 3.63) is 95.7 Å². The van der Waals surface area contributed by atoms with E-state index in [4.69, 9.17) is 0 Å². The van der Waals surface area contributed by atoms with Crippen molar-refractivity contribution >= 4 is 17.6 Å². The standard InChI is InChI=1S/C26H22FN5O3/c27-19-5-1-16(2-6-19)15-29-26(35)32-23(17-3-4-17)14-22(31-32)21-13-20(7-8-24(21)33)30-25(34)18-9-11-28-12-10-18/h1-2,5-14,17,33H,3-4,15H2,(H,29,35)(H,30,34). The molecule has 2 aromatic carbocycles. The molecule has 1 aliphatic carbocycles. The Balaban J connectivity index is 1.38. The summed E-state index contributed by atoms with van der Waals surface area (Å²) in [6, 6.07) is 15.2. The number of hydrogen-bond acceptors (Lipinski definition) is 5. The predicted molar refractivity (Wildman–Crippen MR) is 128 cm³/mol. The summed E-state index contributed by atoms with van der Waals surface area (Å²) >= 11 is 0. The van der Waals surface area contributed by atoms with Crippen LogP contribution in [0.3, 0.4) is 0 Å². The lowest BCUT2D eigenvalue weighted by atomic mass is 10.1. The molecule has 0 radical (unpaired) electrons. The van der Waals surface area contributed by atoms with Crippen molar-refractivity contribution in [2.24, 2.45) is 0 Å². The van der Waals surface area contributed by atoms with E-state index >= 15 is 0 Å². The number of nitrogens with zero attached hydrogens (tertiary/aromatic N) is 3. The lowest BCUT2D eigenvalue weighted by Crippen LogP contribution is -2.30. The number of anilines is 1. The minimum absolute atomic E-state index is 0.0226. The number of aromatic hydroxyl groups is 1. The molecule has 176 valence electrons. The molecule has 0 bridgehead atoms. The van der Waals surface area contributed by atoms with Gasteiger partial charge >= 0.3 is 6.03 Å². The van der Waals surface area contributed by atoms with E-state index in [0.717, 1.165) is 24.1 Å². The van der Waals surface area contributed by atoms with E-state index < -0.39 is 6.03 Å². The number of pyridine rings is 1. The van der Waals surface area contributed by atoms with Crippen molar-refractivity contribution in [3.63, 3.8) is 0 Å². The molecule has 3 N–H and O–H groups in total. The van der Waals surface area contributed by atoms with Gasteiger partial charge in [-0.25, -0.2) is 9.18 Å². The van der Waals surface area contributed by atoms with Gasteiger partial charge in [0, 0.05) is 41.7 Å². The number of rotatable bonds is 6. The third-order valence-corrected chi connectivity index (χ3v) is 5.75. The molecule has 35 heavy (non-hydrogen) atoms. The van der Waals surface area contributed by atoms with E-state index in [-0.39, 0.29) is 29.9 Å². The Morgan fingerprint density at radius 1 is 1.03 bits per heavy atom. The van der Waals surface area contributed by atoms with Crippen LogP contribution in [0.1, 0.15) is 40.4 Å². The predicted octanol–water partition coefficient (Wildman–Crippen LogP) is 4.68. The van der Waals surface area contributed by atoms with Gasteiger partial charge in [0.1, 0.15) is 11.6 Å². The maximum atomic E-state index is 13.1. The number of carbonyl (C=O) groups is 2. The van der Waals surface area contributed by atoms with Gasteiger partial charge in [-0.3, -0.25) is 9.78 Å². The van der Waals surface area contributed by atoms with Crippen LogP contribution in [0.5, 0.6) is 5.75 Å². The Morgan fingerprint density at radius 3 is 2.49 bits per heavy atom. The highest BCUT2D eigenvalue weighted by atomic mass is 19.1.